The lowest BCUT2D eigenvalue weighted by molar-refractivity contribution is -0.00195. The lowest BCUT2D eigenvalue weighted by Gasteiger charge is -2.12. The van der Waals surface area contributed by atoms with E-state index < -0.39 is 5.92 Å². The Hall–Kier alpha value is -0.640. The molecule has 14 heavy (non-hydrogen) atoms. The minimum atomic E-state index is -2.58. The number of alkyl halides is 2. The van der Waals surface area contributed by atoms with E-state index >= 15 is 0 Å². The highest BCUT2D eigenvalue weighted by Crippen LogP contribution is 2.32. The van der Waals surface area contributed by atoms with Crippen LogP contribution in [0.15, 0.2) is 22.7 Å². The second-order valence-electron chi connectivity index (χ2n) is 3.51. The van der Waals surface area contributed by atoms with Gasteiger partial charge in [0.15, 0.2) is 0 Å². The zero-order valence-electron chi connectivity index (χ0n) is 7.49. The van der Waals surface area contributed by atoms with Crippen molar-refractivity contribution in [3.63, 3.8) is 0 Å². The van der Waals surface area contributed by atoms with Crippen LogP contribution in [0.25, 0.3) is 0 Å². The van der Waals surface area contributed by atoms with E-state index in [4.69, 9.17) is 0 Å². The maximum Gasteiger partial charge on any atom is 0.253 e. The van der Waals surface area contributed by atoms with Crippen LogP contribution in [0.4, 0.5) is 14.5 Å². The van der Waals surface area contributed by atoms with Crippen LogP contribution >= 0.6 is 15.9 Å². The Labute approximate surface area is 89.6 Å². The van der Waals surface area contributed by atoms with E-state index in [9.17, 15) is 8.78 Å². The number of hydrogen-bond acceptors (Lipinski definition) is 1. The van der Waals surface area contributed by atoms with Crippen molar-refractivity contribution in [2.75, 3.05) is 11.9 Å². The number of benzene rings is 1. The molecule has 0 amide bonds. The Bertz CT molecular complexity index is 352. The monoisotopic (exact) mass is 261 g/mol. The quantitative estimate of drug-likeness (QED) is 0.755. The van der Waals surface area contributed by atoms with Crippen molar-refractivity contribution in [3.8, 4) is 0 Å². The Morgan fingerprint density at radius 2 is 2.14 bits per heavy atom. The number of anilines is 1. The molecule has 0 radical (unpaired) electrons. The van der Waals surface area contributed by atoms with Crippen molar-refractivity contribution in [2.45, 2.75) is 18.8 Å². The summed E-state index contributed by atoms with van der Waals surface area (Å²) in [6.07, 6.45) is -0.262. The topological polar surface area (TPSA) is 12.0 Å². The normalized spacial score (nSPS) is 19.4. The standard InChI is InChI=1S/C10H10BrF2N/c11-8-2-1-7-6-10(12,13)3-4-14-9(7)5-8/h1-2,5,14H,3-4,6H2. The Kier molecular flexibility index (Phi) is 2.47. The van der Waals surface area contributed by atoms with Gasteiger partial charge in [0.25, 0.3) is 5.92 Å². The third-order valence-electron chi connectivity index (χ3n) is 2.33. The van der Waals surface area contributed by atoms with Gasteiger partial charge in [-0.1, -0.05) is 22.0 Å². The molecule has 0 bridgehead atoms. The molecule has 0 fully saturated rings. The molecule has 0 saturated carbocycles. The SMILES string of the molecule is FC1(F)CCNc2cc(Br)ccc2C1. The van der Waals surface area contributed by atoms with Gasteiger partial charge in [-0.15, -0.1) is 0 Å². The minimum Gasteiger partial charge on any atom is -0.385 e. The third-order valence-corrected chi connectivity index (χ3v) is 2.82. The first kappa shape index (κ1) is 9.90. The summed E-state index contributed by atoms with van der Waals surface area (Å²) in [5, 5.41) is 3.01. The van der Waals surface area contributed by atoms with Crippen LogP contribution in [0.2, 0.25) is 0 Å². The number of hydrogen-bond donors (Lipinski definition) is 1. The van der Waals surface area contributed by atoms with Crippen LogP contribution < -0.4 is 5.32 Å². The molecular weight excluding hydrogens is 252 g/mol. The lowest BCUT2D eigenvalue weighted by atomic mass is 10.1. The maximum atomic E-state index is 13.2. The summed E-state index contributed by atoms with van der Waals surface area (Å²) >= 11 is 3.32. The van der Waals surface area contributed by atoms with Crippen molar-refractivity contribution >= 4 is 21.6 Å². The number of rotatable bonds is 0. The molecule has 1 aliphatic heterocycles. The molecule has 2 rings (SSSR count). The summed E-state index contributed by atoms with van der Waals surface area (Å²) in [4.78, 5) is 0. The first-order valence-corrected chi connectivity index (χ1v) is 5.26. The molecule has 0 saturated heterocycles. The Morgan fingerprint density at radius 1 is 1.36 bits per heavy atom. The third kappa shape index (κ3) is 2.05. The van der Waals surface area contributed by atoms with Gasteiger partial charge in [0.2, 0.25) is 0 Å². The molecule has 0 unspecified atom stereocenters. The zero-order chi connectivity index (χ0) is 10.2. The summed E-state index contributed by atoms with van der Waals surface area (Å²) in [6.45, 7) is 0.330. The minimum absolute atomic E-state index is 0.0979. The van der Waals surface area contributed by atoms with E-state index in [0.717, 1.165) is 10.2 Å². The summed E-state index contributed by atoms with van der Waals surface area (Å²) in [6, 6.07) is 5.38. The highest BCUT2D eigenvalue weighted by atomic mass is 79.9. The molecule has 0 atom stereocenters. The predicted molar refractivity (Wildman–Crippen MR) is 55.9 cm³/mol. The molecule has 1 heterocycles. The molecule has 0 aliphatic carbocycles. The summed E-state index contributed by atoms with van der Waals surface area (Å²) in [5.74, 6) is -2.58. The summed E-state index contributed by atoms with van der Waals surface area (Å²) in [7, 11) is 0. The van der Waals surface area contributed by atoms with E-state index in [1.54, 1.807) is 12.1 Å². The highest BCUT2D eigenvalue weighted by Gasteiger charge is 2.31. The Morgan fingerprint density at radius 3 is 2.93 bits per heavy atom. The second-order valence-corrected chi connectivity index (χ2v) is 4.43. The number of fused-ring (bicyclic) bond motifs is 1. The van der Waals surface area contributed by atoms with Crippen LogP contribution in [0.1, 0.15) is 12.0 Å². The van der Waals surface area contributed by atoms with Gasteiger partial charge >= 0.3 is 0 Å². The zero-order valence-corrected chi connectivity index (χ0v) is 9.07. The van der Waals surface area contributed by atoms with Crippen LogP contribution in [0, 0.1) is 0 Å². The largest absolute Gasteiger partial charge is 0.385 e. The van der Waals surface area contributed by atoms with Gasteiger partial charge < -0.3 is 5.32 Å². The number of halogens is 3. The second kappa shape index (κ2) is 3.50. The summed E-state index contributed by atoms with van der Waals surface area (Å²) in [5.41, 5.74) is 1.51. The van der Waals surface area contributed by atoms with E-state index in [2.05, 4.69) is 21.2 Å². The molecule has 1 aromatic rings. The molecule has 0 aromatic heterocycles. The van der Waals surface area contributed by atoms with E-state index in [0.29, 0.717) is 12.1 Å². The van der Waals surface area contributed by atoms with E-state index in [1.807, 2.05) is 6.07 Å². The molecular formula is C10H10BrF2N. The van der Waals surface area contributed by atoms with Crippen molar-refractivity contribution < 1.29 is 8.78 Å². The fraction of sp³-hybridized carbons (Fsp3) is 0.400. The summed E-state index contributed by atoms with van der Waals surface area (Å²) < 4.78 is 27.3. The van der Waals surface area contributed by atoms with Gasteiger partial charge in [0.05, 0.1) is 0 Å². The van der Waals surface area contributed by atoms with Crippen molar-refractivity contribution in [1.29, 1.82) is 0 Å². The molecule has 1 nitrogen and oxygen atoms in total. The van der Waals surface area contributed by atoms with Crippen LogP contribution in [-0.2, 0) is 6.42 Å². The molecule has 1 N–H and O–H groups in total. The lowest BCUT2D eigenvalue weighted by Crippen LogP contribution is -2.19. The van der Waals surface area contributed by atoms with Gasteiger partial charge in [-0.2, -0.15) is 0 Å². The fourth-order valence-corrected chi connectivity index (χ4v) is 1.98. The predicted octanol–water partition coefficient (Wildman–Crippen LogP) is 3.44. The smallest absolute Gasteiger partial charge is 0.253 e. The van der Waals surface area contributed by atoms with Gasteiger partial charge in [-0.3, -0.25) is 0 Å². The van der Waals surface area contributed by atoms with Gasteiger partial charge in [-0.05, 0) is 17.7 Å². The van der Waals surface area contributed by atoms with Gasteiger partial charge in [-0.25, -0.2) is 8.78 Å². The number of nitrogens with one attached hydrogen (secondary N) is 1. The first-order valence-electron chi connectivity index (χ1n) is 4.47. The molecule has 4 heteroatoms. The highest BCUT2D eigenvalue weighted by molar-refractivity contribution is 9.10. The van der Waals surface area contributed by atoms with Gasteiger partial charge in [0.1, 0.15) is 0 Å². The van der Waals surface area contributed by atoms with Crippen LogP contribution in [0.3, 0.4) is 0 Å². The van der Waals surface area contributed by atoms with E-state index in [1.165, 1.54) is 0 Å². The van der Waals surface area contributed by atoms with Crippen molar-refractivity contribution in [1.82, 2.24) is 0 Å². The molecule has 1 aromatic carbocycles. The molecule has 1 aliphatic rings. The molecule has 0 spiro atoms. The van der Waals surface area contributed by atoms with Crippen molar-refractivity contribution in [2.24, 2.45) is 0 Å². The fourth-order valence-electron chi connectivity index (χ4n) is 1.61. The van der Waals surface area contributed by atoms with Crippen LogP contribution in [-0.4, -0.2) is 12.5 Å². The van der Waals surface area contributed by atoms with E-state index in [-0.39, 0.29) is 12.8 Å². The van der Waals surface area contributed by atoms with Crippen LogP contribution in [0.5, 0.6) is 0 Å². The maximum absolute atomic E-state index is 13.2. The van der Waals surface area contributed by atoms with Crippen molar-refractivity contribution in [3.05, 3.63) is 28.2 Å². The Balaban J connectivity index is 2.37. The molecule has 76 valence electrons. The first-order chi connectivity index (χ1) is 6.57. The average Bonchev–Trinajstić information content (AvgIpc) is 2.22. The average molecular weight is 262 g/mol. The van der Waals surface area contributed by atoms with Gasteiger partial charge in [0, 0.05) is 29.5 Å².